The van der Waals surface area contributed by atoms with Gasteiger partial charge in [0.15, 0.2) is 0 Å². The van der Waals surface area contributed by atoms with E-state index < -0.39 is 0 Å². The van der Waals surface area contributed by atoms with Crippen LogP contribution in [0.2, 0.25) is 0 Å². The van der Waals surface area contributed by atoms with Crippen molar-refractivity contribution in [3.05, 3.63) is 36.5 Å². The third-order valence-electron chi connectivity index (χ3n) is 2.69. The highest BCUT2D eigenvalue weighted by atomic mass is 14.2. The van der Waals surface area contributed by atoms with Crippen LogP contribution in [0.25, 0.3) is 0 Å². The van der Waals surface area contributed by atoms with Crippen LogP contribution in [0, 0.1) is 5.41 Å². The SMILES string of the molecule is C=CC1(C)C=C(CCCC)C=CC1. The summed E-state index contributed by atoms with van der Waals surface area (Å²) in [5.41, 5.74) is 1.69. The first-order valence-electron chi connectivity index (χ1n) is 5.22. The van der Waals surface area contributed by atoms with Gasteiger partial charge in [0, 0.05) is 5.41 Å². The molecule has 0 aromatic rings. The largest absolute Gasteiger partial charge is 0.102 e. The molecule has 0 aromatic heterocycles. The van der Waals surface area contributed by atoms with Gasteiger partial charge in [0.25, 0.3) is 0 Å². The fraction of sp³-hybridized carbons (Fsp3) is 0.538. The first kappa shape index (κ1) is 10.3. The molecule has 0 N–H and O–H groups in total. The molecule has 1 aliphatic rings. The zero-order valence-corrected chi connectivity index (χ0v) is 8.84. The Labute approximate surface area is 82.0 Å². The fourth-order valence-corrected chi connectivity index (χ4v) is 1.67. The second kappa shape index (κ2) is 4.45. The maximum atomic E-state index is 3.89. The van der Waals surface area contributed by atoms with Crippen LogP contribution in [0.1, 0.15) is 39.5 Å². The van der Waals surface area contributed by atoms with Gasteiger partial charge in [-0.2, -0.15) is 0 Å². The third kappa shape index (κ3) is 2.87. The van der Waals surface area contributed by atoms with Crippen molar-refractivity contribution in [2.45, 2.75) is 39.5 Å². The van der Waals surface area contributed by atoms with Crippen LogP contribution < -0.4 is 0 Å². The van der Waals surface area contributed by atoms with Gasteiger partial charge in [0.05, 0.1) is 0 Å². The Bertz CT molecular complexity index is 232. The molecule has 0 aliphatic heterocycles. The number of hydrogen-bond acceptors (Lipinski definition) is 0. The predicted octanol–water partition coefficient (Wildman–Crippen LogP) is 4.26. The van der Waals surface area contributed by atoms with Crippen molar-refractivity contribution in [1.29, 1.82) is 0 Å². The molecule has 0 spiro atoms. The Balaban J connectivity index is 2.63. The highest BCUT2D eigenvalue weighted by molar-refractivity contribution is 5.29. The lowest BCUT2D eigenvalue weighted by Crippen LogP contribution is -2.11. The van der Waals surface area contributed by atoms with E-state index in [4.69, 9.17) is 0 Å². The minimum Gasteiger partial charge on any atom is -0.102 e. The number of rotatable bonds is 4. The van der Waals surface area contributed by atoms with Gasteiger partial charge >= 0.3 is 0 Å². The second-order valence-corrected chi connectivity index (χ2v) is 4.14. The summed E-state index contributed by atoms with van der Waals surface area (Å²) in [5.74, 6) is 0. The molecule has 0 aromatic carbocycles. The third-order valence-corrected chi connectivity index (χ3v) is 2.69. The molecule has 1 rings (SSSR count). The van der Waals surface area contributed by atoms with Crippen LogP contribution in [0.3, 0.4) is 0 Å². The summed E-state index contributed by atoms with van der Waals surface area (Å²) in [7, 11) is 0. The maximum absolute atomic E-state index is 3.89. The Morgan fingerprint density at radius 1 is 1.62 bits per heavy atom. The molecule has 13 heavy (non-hydrogen) atoms. The molecule has 0 saturated carbocycles. The molecule has 1 aliphatic carbocycles. The minimum atomic E-state index is 0.206. The fourth-order valence-electron chi connectivity index (χ4n) is 1.67. The van der Waals surface area contributed by atoms with Gasteiger partial charge in [-0.3, -0.25) is 0 Å². The average Bonchev–Trinajstić information content (AvgIpc) is 2.15. The van der Waals surface area contributed by atoms with Gasteiger partial charge in [-0.15, -0.1) is 6.58 Å². The van der Waals surface area contributed by atoms with Gasteiger partial charge in [-0.25, -0.2) is 0 Å². The lowest BCUT2D eigenvalue weighted by molar-refractivity contribution is 0.549. The summed E-state index contributed by atoms with van der Waals surface area (Å²) in [4.78, 5) is 0. The van der Waals surface area contributed by atoms with Crippen LogP contribution in [0.15, 0.2) is 36.5 Å². The molecule has 0 fully saturated rings. The number of hydrogen-bond donors (Lipinski definition) is 0. The summed E-state index contributed by atoms with van der Waals surface area (Å²) in [6.45, 7) is 8.37. The van der Waals surface area contributed by atoms with E-state index in [0.717, 1.165) is 6.42 Å². The first-order chi connectivity index (χ1) is 6.20. The standard InChI is InChI=1S/C13H20/c1-4-6-8-12-9-7-10-13(3,5-2)11-12/h5,7,9,11H,2,4,6,8,10H2,1,3H3. The summed E-state index contributed by atoms with van der Waals surface area (Å²) >= 11 is 0. The topological polar surface area (TPSA) is 0 Å². The van der Waals surface area contributed by atoms with E-state index in [2.05, 4.69) is 44.7 Å². The highest BCUT2D eigenvalue weighted by Crippen LogP contribution is 2.32. The van der Waals surface area contributed by atoms with Crippen LogP contribution >= 0.6 is 0 Å². The Morgan fingerprint density at radius 3 is 3.00 bits per heavy atom. The van der Waals surface area contributed by atoms with Crippen molar-refractivity contribution in [3.8, 4) is 0 Å². The van der Waals surface area contributed by atoms with Crippen molar-refractivity contribution in [3.63, 3.8) is 0 Å². The molecule has 72 valence electrons. The summed E-state index contributed by atoms with van der Waals surface area (Å²) in [6, 6.07) is 0. The molecule has 0 heterocycles. The molecular formula is C13H20. The normalized spacial score (nSPS) is 27.1. The smallest absolute Gasteiger partial charge is 0.00704 e. The van der Waals surface area contributed by atoms with Gasteiger partial charge < -0.3 is 0 Å². The molecule has 0 amide bonds. The molecule has 1 unspecified atom stereocenters. The Morgan fingerprint density at radius 2 is 2.38 bits per heavy atom. The van der Waals surface area contributed by atoms with Crippen LogP contribution in [0.5, 0.6) is 0 Å². The Kier molecular flexibility index (Phi) is 3.53. The summed E-state index contributed by atoms with van der Waals surface area (Å²) < 4.78 is 0. The van der Waals surface area contributed by atoms with Crippen molar-refractivity contribution >= 4 is 0 Å². The molecule has 0 saturated heterocycles. The predicted molar refractivity (Wildman–Crippen MR) is 59.7 cm³/mol. The number of unbranched alkanes of at least 4 members (excludes halogenated alkanes) is 1. The monoisotopic (exact) mass is 176 g/mol. The Hall–Kier alpha value is -0.780. The summed E-state index contributed by atoms with van der Waals surface area (Å²) in [6.07, 6.45) is 13.9. The second-order valence-electron chi connectivity index (χ2n) is 4.14. The molecule has 1 atom stereocenters. The molecule has 0 radical (unpaired) electrons. The average molecular weight is 176 g/mol. The number of allylic oxidation sites excluding steroid dienone is 5. The lowest BCUT2D eigenvalue weighted by Gasteiger charge is -2.24. The van der Waals surface area contributed by atoms with E-state index in [1.165, 1.54) is 24.8 Å². The zero-order chi connectivity index (χ0) is 9.73. The van der Waals surface area contributed by atoms with Crippen LogP contribution in [-0.2, 0) is 0 Å². The molecule has 0 nitrogen and oxygen atoms in total. The maximum Gasteiger partial charge on any atom is 0.00704 e. The highest BCUT2D eigenvalue weighted by Gasteiger charge is 2.18. The van der Waals surface area contributed by atoms with Gasteiger partial charge in [0.2, 0.25) is 0 Å². The van der Waals surface area contributed by atoms with Crippen molar-refractivity contribution in [2.24, 2.45) is 5.41 Å². The van der Waals surface area contributed by atoms with E-state index in [-0.39, 0.29) is 5.41 Å². The first-order valence-corrected chi connectivity index (χ1v) is 5.22. The van der Waals surface area contributed by atoms with Crippen LogP contribution in [0.4, 0.5) is 0 Å². The van der Waals surface area contributed by atoms with Gasteiger partial charge in [-0.05, 0) is 19.3 Å². The van der Waals surface area contributed by atoms with Crippen molar-refractivity contribution < 1.29 is 0 Å². The van der Waals surface area contributed by atoms with E-state index in [0.29, 0.717) is 0 Å². The van der Waals surface area contributed by atoms with Gasteiger partial charge in [0.1, 0.15) is 0 Å². The van der Waals surface area contributed by atoms with E-state index in [1.807, 2.05) is 0 Å². The molecule has 0 heteroatoms. The van der Waals surface area contributed by atoms with Crippen molar-refractivity contribution in [1.82, 2.24) is 0 Å². The molecule has 0 bridgehead atoms. The summed E-state index contributed by atoms with van der Waals surface area (Å²) in [5, 5.41) is 0. The van der Waals surface area contributed by atoms with Gasteiger partial charge in [-0.1, -0.05) is 50.1 Å². The minimum absolute atomic E-state index is 0.206. The van der Waals surface area contributed by atoms with E-state index in [9.17, 15) is 0 Å². The van der Waals surface area contributed by atoms with Crippen LogP contribution in [-0.4, -0.2) is 0 Å². The van der Waals surface area contributed by atoms with Crippen molar-refractivity contribution in [2.75, 3.05) is 0 Å². The lowest BCUT2D eigenvalue weighted by atomic mass is 9.81. The zero-order valence-electron chi connectivity index (χ0n) is 8.84. The quantitative estimate of drug-likeness (QED) is 0.561. The molecular weight excluding hydrogens is 156 g/mol. The van der Waals surface area contributed by atoms with E-state index in [1.54, 1.807) is 0 Å². The van der Waals surface area contributed by atoms with E-state index >= 15 is 0 Å².